The van der Waals surface area contributed by atoms with Crippen molar-refractivity contribution in [1.82, 2.24) is 10.1 Å². The molecular formula is C15H16N2O2S. The number of rotatable bonds is 5. The molecular weight excluding hydrogens is 272 g/mol. The van der Waals surface area contributed by atoms with Crippen LogP contribution in [0, 0.1) is 0 Å². The molecule has 2 heterocycles. The first kappa shape index (κ1) is 12.1. The highest BCUT2D eigenvalue weighted by Crippen LogP contribution is 2.40. The quantitative estimate of drug-likeness (QED) is 0.847. The van der Waals surface area contributed by atoms with Gasteiger partial charge in [-0.05, 0) is 37.1 Å². The fourth-order valence-corrected chi connectivity index (χ4v) is 3.12. The maximum absolute atomic E-state index is 12.6. The van der Waals surface area contributed by atoms with E-state index in [1.165, 1.54) is 4.88 Å². The van der Waals surface area contributed by atoms with Gasteiger partial charge in [-0.2, -0.15) is 0 Å². The molecule has 0 unspecified atom stereocenters. The molecule has 2 aliphatic rings. The van der Waals surface area contributed by atoms with Crippen molar-refractivity contribution in [2.45, 2.75) is 44.2 Å². The van der Waals surface area contributed by atoms with Crippen LogP contribution in [-0.2, 0) is 6.54 Å². The Morgan fingerprint density at radius 3 is 2.90 bits per heavy atom. The van der Waals surface area contributed by atoms with Gasteiger partial charge < -0.3 is 9.42 Å². The zero-order valence-electron chi connectivity index (χ0n) is 11.1. The molecule has 20 heavy (non-hydrogen) atoms. The van der Waals surface area contributed by atoms with Crippen molar-refractivity contribution in [1.29, 1.82) is 0 Å². The number of aromatic nitrogens is 1. The maximum atomic E-state index is 12.6. The van der Waals surface area contributed by atoms with Crippen molar-refractivity contribution in [3.05, 3.63) is 39.9 Å². The van der Waals surface area contributed by atoms with Gasteiger partial charge >= 0.3 is 0 Å². The highest BCUT2D eigenvalue weighted by atomic mass is 32.1. The summed E-state index contributed by atoms with van der Waals surface area (Å²) in [6.45, 7) is 0.687. The Morgan fingerprint density at radius 2 is 2.25 bits per heavy atom. The lowest BCUT2D eigenvalue weighted by atomic mass is 10.2. The number of carbonyl (C=O) groups is 1. The fourth-order valence-electron chi connectivity index (χ4n) is 2.42. The second kappa shape index (κ2) is 4.74. The van der Waals surface area contributed by atoms with E-state index >= 15 is 0 Å². The first-order valence-electron chi connectivity index (χ1n) is 7.11. The molecule has 104 valence electrons. The van der Waals surface area contributed by atoms with E-state index in [4.69, 9.17) is 4.52 Å². The van der Waals surface area contributed by atoms with E-state index in [9.17, 15) is 4.79 Å². The summed E-state index contributed by atoms with van der Waals surface area (Å²) in [4.78, 5) is 15.8. The van der Waals surface area contributed by atoms with Crippen molar-refractivity contribution >= 4 is 17.2 Å². The van der Waals surface area contributed by atoms with Gasteiger partial charge in [0.2, 0.25) is 0 Å². The summed E-state index contributed by atoms with van der Waals surface area (Å²) >= 11 is 1.69. The molecule has 0 aromatic carbocycles. The third kappa shape index (κ3) is 2.38. The van der Waals surface area contributed by atoms with E-state index in [1.54, 1.807) is 11.3 Å². The highest BCUT2D eigenvalue weighted by molar-refractivity contribution is 7.09. The maximum Gasteiger partial charge on any atom is 0.276 e. The molecule has 2 aliphatic carbocycles. The number of carbonyl (C=O) groups excluding carboxylic acids is 1. The predicted octanol–water partition coefficient (Wildman–Crippen LogP) is 3.42. The summed E-state index contributed by atoms with van der Waals surface area (Å²) in [7, 11) is 0. The van der Waals surface area contributed by atoms with Gasteiger partial charge in [-0.15, -0.1) is 11.3 Å². The van der Waals surface area contributed by atoms with Crippen molar-refractivity contribution in [3.8, 4) is 0 Å². The Kier molecular flexibility index (Phi) is 2.88. The van der Waals surface area contributed by atoms with Crippen LogP contribution in [0.15, 0.2) is 28.1 Å². The number of hydrogen-bond acceptors (Lipinski definition) is 4. The number of hydrogen-bond donors (Lipinski definition) is 0. The molecule has 2 fully saturated rings. The highest BCUT2D eigenvalue weighted by Gasteiger charge is 2.35. The van der Waals surface area contributed by atoms with Crippen molar-refractivity contribution in [2.24, 2.45) is 0 Å². The molecule has 0 spiro atoms. The number of amides is 1. The molecule has 0 saturated heterocycles. The van der Waals surface area contributed by atoms with Gasteiger partial charge in [-0.25, -0.2) is 0 Å². The summed E-state index contributed by atoms with van der Waals surface area (Å²) < 4.78 is 5.30. The number of thiophene rings is 1. The Labute approximate surface area is 121 Å². The Hall–Kier alpha value is -1.62. The van der Waals surface area contributed by atoms with Gasteiger partial charge in [-0.3, -0.25) is 4.79 Å². The fraction of sp³-hybridized carbons (Fsp3) is 0.467. The lowest BCUT2D eigenvalue weighted by molar-refractivity contribution is 0.0721. The molecule has 1 amide bonds. The molecule has 2 aromatic rings. The van der Waals surface area contributed by atoms with Crippen molar-refractivity contribution < 1.29 is 9.32 Å². The van der Waals surface area contributed by atoms with Gasteiger partial charge in [0.1, 0.15) is 5.76 Å². The minimum absolute atomic E-state index is 0.0107. The van der Waals surface area contributed by atoms with Gasteiger partial charge in [0, 0.05) is 22.9 Å². The molecule has 0 aliphatic heterocycles. The van der Waals surface area contributed by atoms with Crippen LogP contribution >= 0.6 is 11.3 Å². The van der Waals surface area contributed by atoms with Gasteiger partial charge in [0.05, 0.1) is 6.54 Å². The first-order valence-corrected chi connectivity index (χ1v) is 7.99. The normalized spacial score (nSPS) is 18.2. The molecule has 0 atom stereocenters. The lowest BCUT2D eigenvalue weighted by Crippen LogP contribution is -2.32. The molecule has 0 bridgehead atoms. The SMILES string of the molecule is O=C(c1cc(C2CC2)on1)N(Cc1cccs1)C1CC1. The van der Waals surface area contributed by atoms with Crippen LogP contribution in [0.1, 0.15) is 52.7 Å². The van der Waals surface area contributed by atoms with E-state index in [0.29, 0.717) is 24.2 Å². The third-order valence-corrected chi connectivity index (χ3v) is 4.74. The predicted molar refractivity (Wildman–Crippen MR) is 75.7 cm³/mol. The van der Waals surface area contributed by atoms with Crippen LogP contribution in [0.4, 0.5) is 0 Å². The average Bonchev–Trinajstić information content (AvgIpc) is 3.39. The summed E-state index contributed by atoms with van der Waals surface area (Å²) in [5.74, 6) is 1.38. The summed E-state index contributed by atoms with van der Waals surface area (Å²) in [6.07, 6.45) is 4.52. The van der Waals surface area contributed by atoms with Crippen LogP contribution in [-0.4, -0.2) is 22.0 Å². The van der Waals surface area contributed by atoms with Crippen molar-refractivity contribution in [2.75, 3.05) is 0 Å². The largest absolute Gasteiger partial charge is 0.360 e. The minimum Gasteiger partial charge on any atom is -0.360 e. The van der Waals surface area contributed by atoms with Crippen LogP contribution in [0.25, 0.3) is 0 Å². The van der Waals surface area contributed by atoms with E-state index in [2.05, 4.69) is 11.2 Å². The van der Waals surface area contributed by atoms with Crippen LogP contribution < -0.4 is 0 Å². The Morgan fingerprint density at radius 1 is 1.40 bits per heavy atom. The monoisotopic (exact) mass is 288 g/mol. The zero-order valence-corrected chi connectivity index (χ0v) is 11.9. The number of nitrogens with zero attached hydrogens (tertiary/aromatic N) is 2. The first-order chi connectivity index (χ1) is 9.81. The summed E-state index contributed by atoms with van der Waals surface area (Å²) in [6, 6.07) is 6.32. The van der Waals surface area contributed by atoms with E-state index in [1.807, 2.05) is 22.4 Å². The minimum atomic E-state index is 0.0107. The lowest BCUT2D eigenvalue weighted by Gasteiger charge is -2.20. The molecule has 0 radical (unpaired) electrons. The average molecular weight is 288 g/mol. The Bertz CT molecular complexity index is 612. The van der Waals surface area contributed by atoms with Crippen LogP contribution in [0.2, 0.25) is 0 Å². The summed E-state index contributed by atoms with van der Waals surface area (Å²) in [5, 5.41) is 6.02. The second-order valence-electron chi connectivity index (χ2n) is 5.63. The van der Waals surface area contributed by atoms with E-state index in [0.717, 1.165) is 31.4 Å². The van der Waals surface area contributed by atoms with E-state index < -0.39 is 0 Å². The topological polar surface area (TPSA) is 46.3 Å². The molecule has 0 N–H and O–H groups in total. The van der Waals surface area contributed by atoms with Gasteiger partial charge in [-0.1, -0.05) is 11.2 Å². The molecule has 2 aromatic heterocycles. The third-order valence-electron chi connectivity index (χ3n) is 3.88. The zero-order chi connectivity index (χ0) is 13.5. The Balaban J connectivity index is 1.53. The molecule has 4 rings (SSSR count). The standard InChI is InChI=1S/C15H16N2O2S/c18-15(13-8-14(19-16-13)10-3-4-10)17(11-5-6-11)9-12-2-1-7-20-12/h1-2,7-8,10-11H,3-6,9H2. The second-order valence-corrected chi connectivity index (χ2v) is 6.66. The smallest absolute Gasteiger partial charge is 0.276 e. The molecule has 5 heteroatoms. The van der Waals surface area contributed by atoms with Crippen LogP contribution in [0.5, 0.6) is 0 Å². The van der Waals surface area contributed by atoms with E-state index in [-0.39, 0.29) is 5.91 Å². The van der Waals surface area contributed by atoms with Crippen LogP contribution in [0.3, 0.4) is 0 Å². The van der Waals surface area contributed by atoms with Gasteiger partial charge in [0.25, 0.3) is 5.91 Å². The summed E-state index contributed by atoms with van der Waals surface area (Å²) in [5.41, 5.74) is 0.468. The molecule has 4 nitrogen and oxygen atoms in total. The molecule has 2 saturated carbocycles. The van der Waals surface area contributed by atoms with Gasteiger partial charge in [0.15, 0.2) is 5.69 Å². The van der Waals surface area contributed by atoms with Crippen molar-refractivity contribution in [3.63, 3.8) is 0 Å².